The average Bonchev–Trinajstić information content (AvgIpc) is 3.29. The molecule has 1 heterocycles. The Morgan fingerprint density at radius 3 is 2.17 bits per heavy atom. The zero-order valence-electron chi connectivity index (χ0n) is 16.7. The molecular weight excluding hydrogens is 388 g/mol. The first-order valence-electron chi connectivity index (χ1n) is 9.87. The lowest BCUT2D eigenvalue weighted by Crippen LogP contribution is -2.20. The van der Waals surface area contributed by atoms with Crippen molar-refractivity contribution >= 4 is 21.6 Å². The van der Waals surface area contributed by atoms with Gasteiger partial charge in [-0.15, -0.1) is 4.36 Å². The minimum absolute atomic E-state index is 0.242. The predicted molar refractivity (Wildman–Crippen MR) is 112 cm³/mol. The van der Waals surface area contributed by atoms with Gasteiger partial charge in [-0.2, -0.15) is 0 Å². The molecule has 1 unspecified atom stereocenters. The molecule has 0 saturated heterocycles. The molecule has 4 rings (SSSR count). The van der Waals surface area contributed by atoms with Gasteiger partial charge in [0.25, 0.3) is 0 Å². The molecule has 0 fully saturated rings. The summed E-state index contributed by atoms with van der Waals surface area (Å²) in [6.45, 7) is 3.32. The highest BCUT2D eigenvalue weighted by Crippen LogP contribution is 2.36. The van der Waals surface area contributed by atoms with Crippen LogP contribution < -0.4 is 10.5 Å². The average molecular weight is 415 g/mol. The van der Waals surface area contributed by atoms with Crippen molar-refractivity contribution in [2.75, 3.05) is 5.32 Å². The van der Waals surface area contributed by atoms with Gasteiger partial charge in [-0.25, -0.2) is 14.1 Å². The van der Waals surface area contributed by atoms with Gasteiger partial charge in [0.05, 0.1) is 16.2 Å². The highest BCUT2D eigenvalue weighted by molar-refractivity contribution is 7.91. The molecule has 2 aliphatic carbocycles. The van der Waals surface area contributed by atoms with Crippen molar-refractivity contribution in [3.05, 3.63) is 52.3 Å². The van der Waals surface area contributed by atoms with Gasteiger partial charge >= 0.3 is 6.03 Å². The summed E-state index contributed by atoms with van der Waals surface area (Å²) in [5, 5.41) is 18.8. The molecule has 0 radical (unpaired) electrons. The van der Waals surface area contributed by atoms with E-state index in [1.54, 1.807) is 26.0 Å². The number of rotatable bonds is 3. The summed E-state index contributed by atoms with van der Waals surface area (Å²) in [6, 6.07) is 5.64. The highest BCUT2D eigenvalue weighted by Gasteiger charge is 2.26. The number of aliphatic hydroxyl groups is 1. The van der Waals surface area contributed by atoms with Crippen LogP contribution >= 0.6 is 0 Å². The first kappa shape index (κ1) is 20.0. The molecule has 0 bridgehead atoms. The van der Waals surface area contributed by atoms with Crippen LogP contribution in [0.5, 0.6) is 0 Å². The molecule has 7 nitrogen and oxygen atoms in total. The Balaban J connectivity index is 1.63. The standard InChI is InChI=1S/C21H26N4O3S/c1-21(2,27)13-9-11-14(12-10-13)29(22,28)25-20(26)24-19-15-5-3-7-17(15)23-18-8-4-6-16(18)19/h9-12,27H,3-8H2,1-2H3,(H3,22,23,24,25,26,28). The number of benzene rings is 1. The van der Waals surface area contributed by atoms with Crippen LogP contribution in [0, 0.1) is 0 Å². The zero-order valence-corrected chi connectivity index (χ0v) is 17.5. The molecule has 1 aromatic heterocycles. The van der Waals surface area contributed by atoms with E-state index in [2.05, 4.69) is 9.68 Å². The summed E-state index contributed by atoms with van der Waals surface area (Å²) >= 11 is 0. The first-order valence-corrected chi connectivity index (χ1v) is 11.5. The number of fused-ring (bicyclic) bond motifs is 2. The molecule has 154 valence electrons. The third-order valence-corrected chi connectivity index (χ3v) is 6.98. The fraction of sp³-hybridized carbons (Fsp3) is 0.429. The van der Waals surface area contributed by atoms with E-state index in [9.17, 15) is 14.1 Å². The van der Waals surface area contributed by atoms with Gasteiger partial charge in [-0.05, 0) is 81.2 Å². The van der Waals surface area contributed by atoms with E-state index in [-0.39, 0.29) is 4.90 Å². The van der Waals surface area contributed by atoms with Crippen molar-refractivity contribution in [3.63, 3.8) is 0 Å². The van der Waals surface area contributed by atoms with E-state index in [1.165, 1.54) is 12.1 Å². The largest absolute Gasteiger partial charge is 0.386 e. The van der Waals surface area contributed by atoms with E-state index in [1.807, 2.05) is 0 Å². The van der Waals surface area contributed by atoms with E-state index < -0.39 is 21.5 Å². The summed E-state index contributed by atoms with van der Waals surface area (Å²) in [7, 11) is -3.40. The minimum atomic E-state index is -3.40. The van der Waals surface area contributed by atoms with Crippen molar-refractivity contribution in [1.29, 1.82) is 0 Å². The molecular formula is C21H26N4O3S. The van der Waals surface area contributed by atoms with Crippen molar-refractivity contribution in [1.82, 2.24) is 4.98 Å². The van der Waals surface area contributed by atoms with Gasteiger partial charge in [-0.3, -0.25) is 4.98 Å². The van der Waals surface area contributed by atoms with Crippen molar-refractivity contribution < 1.29 is 14.1 Å². The van der Waals surface area contributed by atoms with Gasteiger partial charge in [0.2, 0.25) is 0 Å². The number of aromatic nitrogens is 1. The van der Waals surface area contributed by atoms with Crippen LogP contribution in [0.25, 0.3) is 0 Å². The van der Waals surface area contributed by atoms with Crippen molar-refractivity contribution in [3.8, 4) is 0 Å². The van der Waals surface area contributed by atoms with Gasteiger partial charge < -0.3 is 10.4 Å². The molecule has 4 N–H and O–H groups in total. The third kappa shape index (κ3) is 3.92. The van der Waals surface area contributed by atoms with Crippen LogP contribution in [0.3, 0.4) is 0 Å². The van der Waals surface area contributed by atoms with Crippen LogP contribution in [-0.2, 0) is 41.2 Å². The Hall–Kier alpha value is -2.29. The maximum atomic E-state index is 12.9. The molecule has 0 aliphatic heterocycles. The Kier molecular flexibility index (Phi) is 4.96. The van der Waals surface area contributed by atoms with Crippen LogP contribution in [0.15, 0.2) is 33.5 Å². The number of anilines is 1. The van der Waals surface area contributed by atoms with Gasteiger partial charge in [-0.1, -0.05) is 12.1 Å². The molecule has 8 heteroatoms. The number of aryl methyl sites for hydroxylation is 2. The second-order valence-electron chi connectivity index (χ2n) is 8.22. The van der Waals surface area contributed by atoms with Gasteiger partial charge in [0.1, 0.15) is 9.92 Å². The Labute approximate surface area is 171 Å². The predicted octanol–water partition coefficient (Wildman–Crippen LogP) is 3.22. The molecule has 1 aromatic carbocycles. The number of amides is 2. The molecule has 29 heavy (non-hydrogen) atoms. The summed E-state index contributed by atoms with van der Waals surface area (Å²) in [4.78, 5) is 17.6. The number of hydrogen-bond acceptors (Lipinski definition) is 4. The quantitative estimate of drug-likeness (QED) is 0.714. The fourth-order valence-electron chi connectivity index (χ4n) is 4.10. The number of carbonyl (C=O) groups excluding carboxylic acids is 1. The van der Waals surface area contributed by atoms with E-state index in [0.29, 0.717) is 5.56 Å². The number of nitrogens with zero attached hydrogens (tertiary/aromatic N) is 2. The summed E-state index contributed by atoms with van der Waals surface area (Å²) in [6.07, 6.45) is 5.63. The molecule has 0 saturated carbocycles. The van der Waals surface area contributed by atoms with E-state index in [4.69, 9.17) is 10.1 Å². The molecule has 0 spiro atoms. The lowest BCUT2D eigenvalue weighted by atomic mass is 9.99. The van der Waals surface area contributed by atoms with Gasteiger partial charge in [0.15, 0.2) is 0 Å². The summed E-state index contributed by atoms with van der Waals surface area (Å²) in [5.74, 6) is 0. The number of nitrogens with one attached hydrogen (secondary N) is 1. The summed E-state index contributed by atoms with van der Waals surface area (Å²) < 4.78 is 16.7. The second-order valence-corrected chi connectivity index (χ2v) is 10.0. The third-order valence-electron chi connectivity index (χ3n) is 5.60. The molecule has 2 amide bonds. The maximum Gasteiger partial charge on any atom is 0.354 e. The topological polar surface area (TPSA) is 118 Å². The normalized spacial score (nSPS) is 17.4. The SMILES string of the molecule is CC(C)(O)c1ccc(S(N)(=O)=NC(=O)Nc2c3c(nc4c2CCC4)CCC3)cc1. The van der Waals surface area contributed by atoms with Crippen LogP contribution in [0.1, 0.15) is 54.8 Å². The first-order chi connectivity index (χ1) is 13.6. The monoisotopic (exact) mass is 414 g/mol. The lowest BCUT2D eigenvalue weighted by molar-refractivity contribution is 0.0785. The van der Waals surface area contributed by atoms with Crippen molar-refractivity contribution in [2.24, 2.45) is 9.50 Å². The minimum Gasteiger partial charge on any atom is -0.386 e. The number of carbonyl (C=O) groups is 1. The number of urea groups is 1. The smallest absolute Gasteiger partial charge is 0.354 e. The van der Waals surface area contributed by atoms with Crippen molar-refractivity contribution in [2.45, 2.75) is 62.9 Å². The second kappa shape index (κ2) is 7.19. The van der Waals surface area contributed by atoms with E-state index >= 15 is 0 Å². The fourth-order valence-corrected chi connectivity index (χ4v) is 5.02. The molecule has 2 aromatic rings. The van der Waals surface area contributed by atoms with Gasteiger partial charge in [0, 0.05) is 11.4 Å². The van der Waals surface area contributed by atoms with Crippen LogP contribution in [0.4, 0.5) is 10.5 Å². The number of pyridine rings is 1. The maximum absolute atomic E-state index is 12.9. The summed E-state index contributed by atoms with van der Waals surface area (Å²) in [5.41, 5.74) is 4.68. The Morgan fingerprint density at radius 2 is 1.66 bits per heavy atom. The number of nitrogens with two attached hydrogens (primary N) is 1. The Morgan fingerprint density at radius 1 is 1.10 bits per heavy atom. The van der Waals surface area contributed by atoms with Crippen LogP contribution in [0.2, 0.25) is 0 Å². The number of hydrogen-bond donors (Lipinski definition) is 3. The molecule has 1 atom stereocenters. The zero-order chi connectivity index (χ0) is 20.8. The lowest BCUT2D eigenvalue weighted by Gasteiger charge is -2.18. The van der Waals surface area contributed by atoms with E-state index in [0.717, 1.165) is 66.7 Å². The Bertz CT molecular complexity index is 1060. The van der Waals surface area contributed by atoms with Crippen LogP contribution in [-0.4, -0.2) is 20.3 Å². The highest BCUT2D eigenvalue weighted by atomic mass is 32.2. The molecule has 2 aliphatic rings.